The molecule has 0 aliphatic carbocycles. The molecule has 3 nitrogen and oxygen atoms in total. The quantitative estimate of drug-likeness (QED) is 0.561. The standard InChI is InChI=1S/C26H25F2NO2/c1-18-6-2-3-7-19(18)16-26(30)29-15-14-25(31-21-12-10-20(27)11-13-21)23(17-29)22-8-4-5-9-24(22)28/h2-13,23,25H,14-17H2,1H3/t23-,25+/m0/s1. The van der Waals surface area contributed by atoms with Gasteiger partial charge in [0.2, 0.25) is 5.91 Å². The molecule has 3 aromatic carbocycles. The molecular weight excluding hydrogens is 396 g/mol. The van der Waals surface area contributed by atoms with E-state index in [9.17, 15) is 13.6 Å². The van der Waals surface area contributed by atoms with Gasteiger partial charge in [-0.15, -0.1) is 0 Å². The topological polar surface area (TPSA) is 29.5 Å². The van der Waals surface area contributed by atoms with Gasteiger partial charge >= 0.3 is 0 Å². The summed E-state index contributed by atoms with van der Waals surface area (Å²) in [6.45, 7) is 2.90. The molecule has 3 aromatic rings. The van der Waals surface area contributed by atoms with Crippen LogP contribution in [0.5, 0.6) is 5.75 Å². The van der Waals surface area contributed by atoms with Gasteiger partial charge in [0, 0.05) is 25.4 Å². The third-order valence-corrected chi connectivity index (χ3v) is 5.91. The van der Waals surface area contributed by atoms with Crippen molar-refractivity contribution in [3.05, 3.63) is 101 Å². The Morgan fingerprint density at radius 2 is 1.71 bits per heavy atom. The number of rotatable bonds is 5. The highest BCUT2D eigenvalue weighted by molar-refractivity contribution is 5.79. The molecule has 0 N–H and O–H groups in total. The predicted molar refractivity (Wildman–Crippen MR) is 116 cm³/mol. The van der Waals surface area contributed by atoms with Gasteiger partial charge in [-0.2, -0.15) is 0 Å². The summed E-state index contributed by atoms with van der Waals surface area (Å²) in [5.41, 5.74) is 2.61. The van der Waals surface area contributed by atoms with E-state index in [1.54, 1.807) is 35.2 Å². The van der Waals surface area contributed by atoms with Crippen LogP contribution in [0.25, 0.3) is 0 Å². The fourth-order valence-electron chi connectivity index (χ4n) is 4.14. The van der Waals surface area contributed by atoms with Gasteiger partial charge in [-0.3, -0.25) is 4.79 Å². The van der Waals surface area contributed by atoms with Gasteiger partial charge in [-0.05, 0) is 53.9 Å². The van der Waals surface area contributed by atoms with Crippen molar-refractivity contribution < 1.29 is 18.3 Å². The van der Waals surface area contributed by atoms with Crippen molar-refractivity contribution >= 4 is 5.91 Å². The number of amides is 1. The molecular formula is C26H25F2NO2. The molecule has 0 radical (unpaired) electrons. The number of likely N-dealkylation sites (tertiary alicyclic amines) is 1. The lowest BCUT2D eigenvalue weighted by Crippen LogP contribution is -2.47. The molecule has 2 atom stereocenters. The summed E-state index contributed by atoms with van der Waals surface area (Å²) in [6.07, 6.45) is 0.570. The Morgan fingerprint density at radius 3 is 2.45 bits per heavy atom. The highest BCUT2D eigenvalue weighted by Gasteiger charge is 2.35. The molecule has 1 heterocycles. The fourth-order valence-corrected chi connectivity index (χ4v) is 4.14. The van der Waals surface area contributed by atoms with Crippen LogP contribution in [0.1, 0.15) is 29.0 Å². The summed E-state index contributed by atoms with van der Waals surface area (Å²) < 4.78 is 34.0. The van der Waals surface area contributed by atoms with Crippen molar-refractivity contribution in [2.24, 2.45) is 0 Å². The van der Waals surface area contributed by atoms with E-state index in [1.165, 1.54) is 18.2 Å². The van der Waals surface area contributed by atoms with Gasteiger partial charge < -0.3 is 9.64 Å². The Morgan fingerprint density at radius 1 is 1.00 bits per heavy atom. The number of ether oxygens (including phenoxy) is 1. The highest BCUT2D eigenvalue weighted by Crippen LogP contribution is 2.32. The summed E-state index contributed by atoms with van der Waals surface area (Å²) in [5, 5.41) is 0. The number of hydrogen-bond donors (Lipinski definition) is 0. The molecule has 4 rings (SSSR count). The van der Waals surface area contributed by atoms with Gasteiger partial charge in [-0.25, -0.2) is 8.78 Å². The van der Waals surface area contributed by atoms with Crippen LogP contribution in [0.4, 0.5) is 8.78 Å². The van der Waals surface area contributed by atoms with Crippen molar-refractivity contribution in [2.45, 2.75) is 31.8 Å². The number of benzene rings is 3. The van der Waals surface area contributed by atoms with E-state index in [2.05, 4.69) is 0 Å². The maximum absolute atomic E-state index is 14.7. The first kappa shape index (κ1) is 21.0. The number of hydrogen-bond acceptors (Lipinski definition) is 2. The minimum atomic E-state index is -0.338. The van der Waals surface area contributed by atoms with E-state index in [0.29, 0.717) is 37.2 Å². The summed E-state index contributed by atoms with van der Waals surface area (Å²) in [7, 11) is 0. The molecule has 0 unspecified atom stereocenters. The van der Waals surface area contributed by atoms with Crippen LogP contribution in [0.2, 0.25) is 0 Å². The van der Waals surface area contributed by atoms with Crippen LogP contribution in [0.3, 0.4) is 0 Å². The fraction of sp³-hybridized carbons (Fsp3) is 0.269. The molecule has 0 spiro atoms. The lowest BCUT2D eigenvalue weighted by atomic mass is 9.87. The first-order valence-electron chi connectivity index (χ1n) is 10.5. The molecule has 31 heavy (non-hydrogen) atoms. The van der Waals surface area contributed by atoms with Crippen LogP contribution < -0.4 is 4.74 Å². The normalized spacial score (nSPS) is 18.6. The maximum Gasteiger partial charge on any atom is 0.227 e. The van der Waals surface area contributed by atoms with E-state index in [4.69, 9.17) is 4.74 Å². The first-order chi connectivity index (χ1) is 15.0. The number of carbonyl (C=O) groups is 1. The zero-order valence-corrected chi connectivity index (χ0v) is 17.4. The van der Waals surface area contributed by atoms with Crippen LogP contribution in [-0.4, -0.2) is 30.0 Å². The average Bonchev–Trinajstić information content (AvgIpc) is 2.77. The van der Waals surface area contributed by atoms with Crippen LogP contribution in [-0.2, 0) is 11.2 Å². The summed E-state index contributed by atoms with van der Waals surface area (Å²) >= 11 is 0. The third-order valence-electron chi connectivity index (χ3n) is 5.91. The number of halogens is 2. The second-order valence-corrected chi connectivity index (χ2v) is 7.97. The van der Waals surface area contributed by atoms with E-state index in [1.807, 2.05) is 31.2 Å². The molecule has 0 bridgehead atoms. The van der Waals surface area contributed by atoms with Crippen molar-refractivity contribution in [3.8, 4) is 5.75 Å². The Hall–Kier alpha value is -3.21. The van der Waals surface area contributed by atoms with Gasteiger partial charge in [0.25, 0.3) is 0 Å². The molecule has 0 saturated carbocycles. The minimum absolute atomic E-state index is 0.0240. The Balaban J connectivity index is 1.55. The molecule has 1 saturated heterocycles. The SMILES string of the molecule is Cc1ccccc1CC(=O)N1CC[C@@H](Oc2ccc(F)cc2)[C@H](c2ccccc2F)C1. The Labute approximate surface area is 181 Å². The average molecular weight is 421 g/mol. The summed E-state index contributed by atoms with van der Waals surface area (Å²) in [5.74, 6) is -0.410. The van der Waals surface area contributed by atoms with E-state index >= 15 is 0 Å². The van der Waals surface area contributed by atoms with Gasteiger partial charge in [0.1, 0.15) is 23.5 Å². The molecule has 1 fully saturated rings. The van der Waals surface area contributed by atoms with Gasteiger partial charge in [0.15, 0.2) is 0 Å². The zero-order valence-electron chi connectivity index (χ0n) is 17.4. The monoisotopic (exact) mass is 421 g/mol. The number of carbonyl (C=O) groups excluding carboxylic acids is 1. The van der Waals surface area contributed by atoms with Crippen LogP contribution in [0, 0.1) is 18.6 Å². The number of aryl methyl sites for hydroxylation is 1. The lowest BCUT2D eigenvalue weighted by molar-refractivity contribution is -0.132. The van der Waals surface area contributed by atoms with Crippen molar-refractivity contribution in [1.29, 1.82) is 0 Å². The predicted octanol–water partition coefficient (Wildman–Crippen LogP) is 5.28. The maximum atomic E-state index is 14.7. The largest absolute Gasteiger partial charge is 0.490 e. The summed E-state index contributed by atoms with van der Waals surface area (Å²) in [6, 6.07) is 20.3. The molecule has 160 valence electrons. The van der Waals surface area contributed by atoms with E-state index < -0.39 is 0 Å². The minimum Gasteiger partial charge on any atom is -0.490 e. The highest BCUT2D eigenvalue weighted by atomic mass is 19.1. The van der Waals surface area contributed by atoms with Crippen molar-refractivity contribution in [2.75, 3.05) is 13.1 Å². The lowest BCUT2D eigenvalue weighted by Gasteiger charge is -2.39. The first-order valence-corrected chi connectivity index (χ1v) is 10.5. The van der Waals surface area contributed by atoms with Crippen molar-refractivity contribution in [1.82, 2.24) is 4.90 Å². The van der Waals surface area contributed by atoms with Crippen molar-refractivity contribution in [3.63, 3.8) is 0 Å². The third kappa shape index (κ3) is 4.93. The van der Waals surface area contributed by atoms with Crippen LogP contribution >= 0.6 is 0 Å². The molecule has 5 heteroatoms. The molecule has 1 aliphatic rings. The second-order valence-electron chi connectivity index (χ2n) is 7.97. The summed E-state index contributed by atoms with van der Waals surface area (Å²) in [4.78, 5) is 14.8. The van der Waals surface area contributed by atoms with Gasteiger partial charge in [0.05, 0.1) is 6.42 Å². The number of piperidine rings is 1. The number of nitrogens with zero attached hydrogens (tertiary/aromatic N) is 1. The smallest absolute Gasteiger partial charge is 0.227 e. The van der Waals surface area contributed by atoms with Crippen LogP contribution in [0.15, 0.2) is 72.8 Å². The molecule has 0 aromatic heterocycles. The Kier molecular flexibility index (Phi) is 6.31. The van der Waals surface area contributed by atoms with E-state index in [0.717, 1.165) is 11.1 Å². The molecule has 1 amide bonds. The van der Waals surface area contributed by atoms with Gasteiger partial charge in [-0.1, -0.05) is 42.5 Å². The molecule has 1 aliphatic heterocycles. The second kappa shape index (κ2) is 9.29. The van der Waals surface area contributed by atoms with E-state index in [-0.39, 0.29) is 29.6 Å². The zero-order chi connectivity index (χ0) is 21.8. The Bertz CT molecular complexity index is 1050.